The van der Waals surface area contributed by atoms with Gasteiger partial charge in [0, 0.05) is 4.47 Å². The van der Waals surface area contributed by atoms with Crippen molar-refractivity contribution in [2.24, 2.45) is 5.73 Å². The number of benzene rings is 1. The van der Waals surface area contributed by atoms with Crippen molar-refractivity contribution in [3.05, 3.63) is 28.2 Å². The molecule has 0 aliphatic carbocycles. The Morgan fingerprint density at radius 2 is 2.23 bits per heavy atom. The molecule has 0 bridgehead atoms. The van der Waals surface area contributed by atoms with Gasteiger partial charge in [-0.25, -0.2) is 0 Å². The second-order valence-corrected chi connectivity index (χ2v) is 3.45. The number of ether oxygens (including phenoxy) is 1. The van der Waals surface area contributed by atoms with Crippen LogP contribution < -0.4 is 10.5 Å². The fraction of sp³-hybridized carbons (Fsp3) is 0.222. The third-order valence-corrected chi connectivity index (χ3v) is 2.09. The lowest BCUT2D eigenvalue weighted by Gasteiger charge is -2.06. The van der Waals surface area contributed by atoms with Crippen LogP contribution in [0.1, 0.15) is 11.6 Å². The predicted molar refractivity (Wildman–Crippen MR) is 53.2 cm³/mol. The molecule has 0 fully saturated rings. The summed E-state index contributed by atoms with van der Waals surface area (Å²) in [6, 6.07) is 6.72. The van der Waals surface area contributed by atoms with Crippen LogP contribution in [-0.2, 0) is 0 Å². The maximum Gasteiger partial charge on any atom is 0.120 e. The summed E-state index contributed by atoms with van der Waals surface area (Å²) in [7, 11) is 1.57. The van der Waals surface area contributed by atoms with E-state index in [0.29, 0.717) is 5.75 Å². The van der Waals surface area contributed by atoms with Gasteiger partial charge in [0.25, 0.3) is 0 Å². The molecule has 0 aliphatic heterocycles. The summed E-state index contributed by atoms with van der Waals surface area (Å²) in [5, 5.41) is 8.61. The molecule has 1 unspecified atom stereocenters. The molecule has 1 aromatic carbocycles. The van der Waals surface area contributed by atoms with E-state index in [1.807, 2.05) is 12.1 Å². The molecule has 2 N–H and O–H groups in total. The number of nitriles is 1. The average Bonchev–Trinajstić information content (AvgIpc) is 2.15. The highest BCUT2D eigenvalue weighted by molar-refractivity contribution is 9.10. The Morgan fingerprint density at radius 1 is 1.54 bits per heavy atom. The second-order valence-electron chi connectivity index (χ2n) is 2.53. The molecule has 0 heterocycles. The van der Waals surface area contributed by atoms with Crippen molar-refractivity contribution in [2.45, 2.75) is 6.04 Å². The maximum atomic E-state index is 8.61. The summed E-state index contributed by atoms with van der Waals surface area (Å²) in [4.78, 5) is 0. The van der Waals surface area contributed by atoms with Crippen molar-refractivity contribution in [1.29, 1.82) is 5.26 Å². The molecule has 0 aromatic heterocycles. The Balaban J connectivity index is 3.10. The summed E-state index contributed by atoms with van der Waals surface area (Å²) in [5.41, 5.74) is 6.29. The standard InChI is InChI=1S/C9H9BrN2O/c1-13-8-3-6(9(12)5-11)2-7(10)4-8/h2-4,9H,12H2,1H3. The number of hydrogen-bond donors (Lipinski definition) is 1. The molecule has 1 rings (SSSR count). The van der Waals surface area contributed by atoms with E-state index in [4.69, 9.17) is 15.7 Å². The van der Waals surface area contributed by atoms with Gasteiger partial charge in [-0.1, -0.05) is 15.9 Å². The molecule has 68 valence electrons. The van der Waals surface area contributed by atoms with Gasteiger partial charge in [0.15, 0.2) is 0 Å². The van der Waals surface area contributed by atoms with E-state index < -0.39 is 6.04 Å². The number of nitrogens with zero attached hydrogens (tertiary/aromatic N) is 1. The van der Waals surface area contributed by atoms with Crippen LogP contribution in [0.15, 0.2) is 22.7 Å². The first kappa shape index (κ1) is 10.0. The molecule has 0 saturated heterocycles. The maximum absolute atomic E-state index is 8.61. The lowest BCUT2D eigenvalue weighted by molar-refractivity contribution is 0.414. The zero-order valence-corrected chi connectivity index (χ0v) is 8.71. The number of rotatable bonds is 2. The van der Waals surface area contributed by atoms with Crippen molar-refractivity contribution in [3.8, 4) is 11.8 Å². The Kier molecular flexibility index (Phi) is 3.29. The highest BCUT2D eigenvalue weighted by Gasteiger charge is 2.06. The molecule has 4 heteroatoms. The Labute approximate surface area is 85.2 Å². The van der Waals surface area contributed by atoms with E-state index in [1.165, 1.54) is 0 Å². The van der Waals surface area contributed by atoms with E-state index in [1.54, 1.807) is 19.2 Å². The first-order chi connectivity index (χ1) is 6.17. The quantitative estimate of drug-likeness (QED) is 0.861. The molecule has 0 saturated carbocycles. The fourth-order valence-corrected chi connectivity index (χ4v) is 1.45. The van der Waals surface area contributed by atoms with Crippen molar-refractivity contribution in [1.82, 2.24) is 0 Å². The summed E-state index contributed by atoms with van der Waals surface area (Å²) < 4.78 is 5.89. The Hall–Kier alpha value is -1.05. The summed E-state index contributed by atoms with van der Waals surface area (Å²) in [5.74, 6) is 0.690. The number of hydrogen-bond acceptors (Lipinski definition) is 3. The van der Waals surface area contributed by atoms with Crippen molar-refractivity contribution >= 4 is 15.9 Å². The molecule has 0 radical (unpaired) electrons. The van der Waals surface area contributed by atoms with Crippen LogP contribution in [0.4, 0.5) is 0 Å². The zero-order valence-electron chi connectivity index (χ0n) is 7.12. The van der Waals surface area contributed by atoms with Gasteiger partial charge in [-0.3, -0.25) is 0 Å². The van der Waals surface area contributed by atoms with Gasteiger partial charge in [0.2, 0.25) is 0 Å². The summed E-state index contributed by atoms with van der Waals surface area (Å²) >= 11 is 3.31. The average molecular weight is 241 g/mol. The SMILES string of the molecule is COc1cc(Br)cc(C(N)C#N)c1. The van der Waals surface area contributed by atoms with Crippen molar-refractivity contribution in [2.75, 3.05) is 7.11 Å². The summed E-state index contributed by atoms with van der Waals surface area (Å²) in [6.45, 7) is 0. The van der Waals surface area contributed by atoms with E-state index in [9.17, 15) is 0 Å². The van der Waals surface area contributed by atoms with E-state index in [2.05, 4.69) is 15.9 Å². The van der Waals surface area contributed by atoms with Gasteiger partial charge in [-0.2, -0.15) is 5.26 Å². The third-order valence-electron chi connectivity index (χ3n) is 1.63. The van der Waals surface area contributed by atoms with Gasteiger partial charge in [0.05, 0.1) is 13.2 Å². The van der Waals surface area contributed by atoms with Gasteiger partial charge in [-0.05, 0) is 23.8 Å². The highest BCUT2D eigenvalue weighted by atomic mass is 79.9. The van der Waals surface area contributed by atoms with Gasteiger partial charge in [-0.15, -0.1) is 0 Å². The predicted octanol–water partition coefficient (Wildman–Crippen LogP) is 1.98. The van der Waals surface area contributed by atoms with Crippen LogP contribution in [0.2, 0.25) is 0 Å². The second kappa shape index (κ2) is 4.26. The first-order valence-corrected chi connectivity index (χ1v) is 4.46. The minimum absolute atomic E-state index is 0.605. The molecular formula is C9H9BrN2O. The first-order valence-electron chi connectivity index (χ1n) is 3.67. The van der Waals surface area contributed by atoms with E-state index >= 15 is 0 Å². The molecule has 1 aromatic rings. The monoisotopic (exact) mass is 240 g/mol. The smallest absolute Gasteiger partial charge is 0.120 e. The van der Waals surface area contributed by atoms with Crippen LogP contribution in [0.3, 0.4) is 0 Å². The molecular weight excluding hydrogens is 232 g/mol. The lowest BCUT2D eigenvalue weighted by atomic mass is 10.1. The molecule has 13 heavy (non-hydrogen) atoms. The number of halogens is 1. The third kappa shape index (κ3) is 2.44. The molecule has 0 spiro atoms. The Bertz CT molecular complexity index is 346. The van der Waals surface area contributed by atoms with Crippen LogP contribution in [0, 0.1) is 11.3 Å². The van der Waals surface area contributed by atoms with Crippen molar-refractivity contribution in [3.63, 3.8) is 0 Å². The fourth-order valence-electron chi connectivity index (χ4n) is 0.956. The Morgan fingerprint density at radius 3 is 2.77 bits per heavy atom. The van der Waals surface area contributed by atoms with Gasteiger partial charge in [0.1, 0.15) is 11.8 Å². The molecule has 0 amide bonds. The van der Waals surface area contributed by atoms with Gasteiger partial charge >= 0.3 is 0 Å². The van der Waals surface area contributed by atoms with E-state index in [-0.39, 0.29) is 0 Å². The van der Waals surface area contributed by atoms with Crippen LogP contribution in [0.5, 0.6) is 5.75 Å². The highest BCUT2D eigenvalue weighted by Crippen LogP contribution is 2.23. The van der Waals surface area contributed by atoms with Crippen LogP contribution in [-0.4, -0.2) is 7.11 Å². The van der Waals surface area contributed by atoms with Crippen molar-refractivity contribution < 1.29 is 4.74 Å². The van der Waals surface area contributed by atoms with Crippen LogP contribution in [0.25, 0.3) is 0 Å². The van der Waals surface area contributed by atoms with Crippen LogP contribution >= 0.6 is 15.9 Å². The number of methoxy groups -OCH3 is 1. The zero-order chi connectivity index (χ0) is 9.84. The normalized spacial score (nSPS) is 11.8. The van der Waals surface area contributed by atoms with Gasteiger partial charge < -0.3 is 10.5 Å². The topological polar surface area (TPSA) is 59.0 Å². The largest absolute Gasteiger partial charge is 0.497 e. The molecule has 3 nitrogen and oxygen atoms in total. The lowest BCUT2D eigenvalue weighted by Crippen LogP contribution is -2.07. The minimum atomic E-state index is -0.605. The summed E-state index contributed by atoms with van der Waals surface area (Å²) in [6.07, 6.45) is 0. The minimum Gasteiger partial charge on any atom is -0.497 e. The number of nitrogens with two attached hydrogens (primary N) is 1. The van der Waals surface area contributed by atoms with E-state index in [0.717, 1.165) is 10.0 Å². The molecule has 1 atom stereocenters. The molecule has 0 aliphatic rings.